The Labute approximate surface area is 105 Å². The van der Waals surface area contributed by atoms with Crippen LogP contribution in [-0.4, -0.2) is 12.1 Å². The topological polar surface area (TPSA) is 67.5 Å². The van der Waals surface area contributed by atoms with Crippen LogP contribution >= 0.6 is 0 Å². The smallest absolute Gasteiger partial charge is 0.248 e. The highest BCUT2D eigenvalue weighted by Crippen LogP contribution is 2.32. The van der Waals surface area contributed by atoms with Gasteiger partial charge in [0.15, 0.2) is 0 Å². The quantitative estimate of drug-likeness (QED) is 0.790. The van der Waals surface area contributed by atoms with Crippen molar-refractivity contribution in [2.24, 2.45) is 10.7 Å². The first-order valence-corrected chi connectivity index (χ1v) is 5.89. The summed E-state index contributed by atoms with van der Waals surface area (Å²) in [6, 6.07) is 5.26. The van der Waals surface area contributed by atoms with Gasteiger partial charge in [0, 0.05) is 17.5 Å². The fraction of sp³-hybridized carbons (Fsp3) is 0.143. The molecule has 3 N–H and O–H groups in total. The molecule has 18 heavy (non-hydrogen) atoms. The van der Waals surface area contributed by atoms with Gasteiger partial charge in [-0.15, -0.1) is 0 Å². The number of benzene rings is 1. The predicted molar refractivity (Wildman–Crippen MR) is 72.1 cm³/mol. The molecule has 0 unspecified atom stereocenters. The molecule has 0 aromatic heterocycles. The summed E-state index contributed by atoms with van der Waals surface area (Å²) in [6.07, 6.45) is 8.10. The van der Waals surface area contributed by atoms with Gasteiger partial charge in [0.05, 0.1) is 11.4 Å². The summed E-state index contributed by atoms with van der Waals surface area (Å²) in [5.41, 5.74) is 9.65. The maximum Gasteiger partial charge on any atom is 0.248 e. The molecule has 0 radical (unpaired) electrons. The second-order valence-corrected chi connectivity index (χ2v) is 4.36. The molecule has 0 saturated heterocycles. The largest absolute Gasteiger partial charge is 0.366 e. The highest BCUT2D eigenvalue weighted by atomic mass is 16.1. The number of carbonyl (C=O) groups excluding carboxylic acids is 1. The molecule has 1 heterocycles. The Hall–Kier alpha value is -2.36. The van der Waals surface area contributed by atoms with Crippen LogP contribution in [0.5, 0.6) is 0 Å². The fourth-order valence-electron chi connectivity index (χ4n) is 2.13. The van der Waals surface area contributed by atoms with Crippen LogP contribution in [0.4, 0.5) is 11.4 Å². The first-order chi connectivity index (χ1) is 8.74. The van der Waals surface area contributed by atoms with Crippen LogP contribution in [0.25, 0.3) is 0 Å². The van der Waals surface area contributed by atoms with Gasteiger partial charge in [-0.3, -0.25) is 9.79 Å². The summed E-state index contributed by atoms with van der Waals surface area (Å²) in [7, 11) is 0. The van der Waals surface area contributed by atoms with Gasteiger partial charge in [0.1, 0.15) is 0 Å². The standard InChI is InChI=1S/C14H13N3O/c15-14(18)9-5-6-12-13(7-9)16-8-10-3-1-2-4-11(10)17-12/h2,4-8,17H,1,3H2,(H2,15,18). The molecule has 1 aliphatic heterocycles. The van der Waals surface area contributed by atoms with E-state index >= 15 is 0 Å². The normalized spacial score (nSPS) is 16.7. The van der Waals surface area contributed by atoms with E-state index in [4.69, 9.17) is 5.73 Å². The van der Waals surface area contributed by atoms with Crippen LogP contribution in [0.1, 0.15) is 23.2 Å². The van der Waals surface area contributed by atoms with Gasteiger partial charge < -0.3 is 11.1 Å². The average molecular weight is 239 g/mol. The molecule has 90 valence electrons. The van der Waals surface area contributed by atoms with E-state index in [0.29, 0.717) is 5.56 Å². The van der Waals surface area contributed by atoms with E-state index in [0.717, 1.165) is 29.9 Å². The highest BCUT2D eigenvalue weighted by Gasteiger charge is 2.13. The molecule has 0 spiro atoms. The van der Waals surface area contributed by atoms with Crippen molar-refractivity contribution in [3.05, 3.63) is 47.2 Å². The Kier molecular flexibility index (Phi) is 2.48. The molecular formula is C14H13N3O. The minimum Gasteiger partial charge on any atom is -0.366 e. The first kappa shape index (κ1) is 10.8. The van der Waals surface area contributed by atoms with Crippen molar-refractivity contribution in [3.8, 4) is 0 Å². The van der Waals surface area contributed by atoms with Crippen molar-refractivity contribution < 1.29 is 4.79 Å². The SMILES string of the molecule is NC(=O)c1ccc2c(c1)N=CC1=C(C=CCC1)N2. The number of anilines is 1. The van der Waals surface area contributed by atoms with Crippen molar-refractivity contribution in [1.29, 1.82) is 0 Å². The Morgan fingerprint density at radius 2 is 2.28 bits per heavy atom. The van der Waals surface area contributed by atoms with E-state index < -0.39 is 5.91 Å². The molecule has 0 fully saturated rings. The maximum absolute atomic E-state index is 11.2. The van der Waals surface area contributed by atoms with Gasteiger partial charge in [-0.05, 0) is 42.7 Å². The van der Waals surface area contributed by atoms with E-state index in [1.54, 1.807) is 12.1 Å². The summed E-state index contributed by atoms with van der Waals surface area (Å²) in [4.78, 5) is 15.6. The van der Waals surface area contributed by atoms with Crippen molar-refractivity contribution in [3.63, 3.8) is 0 Å². The number of carbonyl (C=O) groups is 1. The van der Waals surface area contributed by atoms with Gasteiger partial charge in [-0.1, -0.05) is 6.08 Å². The zero-order chi connectivity index (χ0) is 12.5. The zero-order valence-electron chi connectivity index (χ0n) is 9.81. The lowest BCUT2D eigenvalue weighted by molar-refractivity contribution is 0.100. The van der Waals surface area contributed by atoms with Crippen molar-refractivity contribution in [2.75, 3.05) is 5.32 Å². The molecule has 1 amide bonds. The average Bonchev–Trinajstić information content (AvgIpc) is 2.56. The molecule has 0 bridgehead atoms. The number of rotatable bonds is 1. The van der Waals surface area contributed by atoms with Crippen LogP contribution in [0.2, 0.25) is 0 Å². The number of nitrogens with two attached hydrogens (primary N) is 1. The molecule has 0 atom stereocenters. The minimum absolute atomic E-state index is 0.435. The van der Waals surface area contributed by atoms with Gasteiger partial charge in [0.25, 0.3) is 0 Å². The molecule has 1 aromatic carbocycles. The zero-order valence-corrected chi connectivity index (χ0v) is 9.81. The summed E-state index contributed by atoms with van der Waals surface area (Å²) in [5, 5.41) is 3.34. The number of nitrogens with zero attached hydrogens (tertiary/aromatic N) is 1. The molecule has 4 nitrogen and oxygen atoms in total. The molecule has 1 aromatic rings. The van der Waals surface area contributed by atoms with Crippen molar-refractivity contribution in [1.82, 2.24) is 0 Å². The van der Waals surface area contributed by atoms with Crippen LogP contribution in [-0.2, 0) is 0 Å². The maximum atomic E-state index is 11.2. The van der Waals surface area contributed by atoms with E-state index in [9.17, 15) is 4.79 Å². The van der Waals surface area contributed by atoms with E-state index in [1.165, 1.54) is 5.57 Å². The number of allylic oxidation sites excluding steroid dienone is 3. The molecule has 1 aliphatic carbocycles. The summed E-state index contributed by atoms with van der Waals surface area (Å²) in [5.74, 6) is -0.435. The second kappa shape index (κ2) is 4.14. The van der Waals surface area contributed by atoms with Gasteiger partial charge >= 0.3 is 0 Å². The molecule has 0 saturated carbocycles. The Bertz CT molecular complexity index is 611. The minimum atomic E-state index is -0.435. The lowest BCUT2D eigenvalue weighted by Crippen LogP contribution is -2.10. The van der Waals surface area contributed by atoms with E-state index in [2.05, 4.69) is 22.5 Å². The van der Waals surface area contributed by atoms with Gasteiger partial charge in [0.2, 0.25) is 5.91 Å². The van der Waals surface area contributed by atoms with Crippen molar-refractivity contribution in [2.45, 2.75) is 12.8 Å². The third-order valence-electron chi connectivity index (χ3n) is 3.12. The number of hydrogen-bond acceptors (Lipinski definition) is 3. The Morgan fingerprint density at radius 3 is 3.11 bits per heavy atom. The number of hydrogen-bond donors (Lipinski definition) is 2. The second-order valence-electron chi connectivity index (χ2n) is 4.36. The first-order valence-electron chi connectivity index (χ1n) is 5.89. The number of fused-ring (bicyclic) bond motifs is 1. The van der Waals surface area contributed by atoms with E-state index in [1.807, 2.05) is 12.3 Å². The lowest BCUT2D eigenvalue weighted by atomic mass is 10.0. The van der Waals surface area contributed by atoms with Crippen LogP contribution in [0, 0.1) is 0 Å². The highest BCUT2D eigenvalue weighted by molar-refractivity contribution is 5.96. The van der Waals surface area contributed by atoms with E-state index in [-0.39, 0.29) is 0 Å². The summed E-state index contributed by atoms with van der Waals surface area (Å²) < 4.78 is 0. The number of amides is 1. The summed E-state index contributed by atoms with van der Waals surface area (Å²) in [6.45, 7) is 0. The van der Waals surface area contributed by atoms with Crippen LogP contribution < -0.4 is 11.1 Å². The predicted octanol–water partition coefficient (Wildman–Crippen LogP) is 2.52. The Balaban J connectivity index is 2.05. The third kappa shape index (κ3) is 1.82. The Morgan fingerprint density at radius 1 is 1.39 bits per heavy atom. The molecule has 2 aliphatic rings. The number of nitrogens with one attached hydrogen (secondary N) is 1. The number of primary amides is 1. The molecule has 3 rings (SSSR count). The fourth-order valence-corrected chi connectivity index (χ4v) is 2.13. The van der Waals surface area contributed by atoms with Crippen LogP contribution in [0.3, 0.4) is 0 Å². The van der Waals surface area contributed by atoms with Crippen LogP contribution in [0.15, 0.2) is 46.6 Å². The lowest BCUT2D eigenvalue weighted by Gasteiger charge is -2.13. The molecular weight excluding hydrogens is 226 g/mol. The number of aliphatic imine (C=N–C) groups is 1. The van der Waals surface area contributed by atoms with Gasteiger partial charge in [-0.2, -0.15) is 0 Å². The van der Waals surface area contributed by atoms with Crippen molar-refractivity contribution >= 4 is 23.5 Å². The summed E-state index contributed by atoms with van der Waals surface area (Å²) >= 11 is 0. The monoisotopic (exact) mass is 239 g/mol. The molecule has 4 heteroatoms. The third-order valence-corrected chi connectivity index (χ3v) is 3.12. The van der Waals surface area contributed by atoms with Gasteiger partial charge in [-0.25, -0.2) is 0 Å².